The van der Waals surface area contributed by atoms with Crippen LogP contribution in [0.2, 0.25) is 0 Å². The van der Waals surface area contributed by atoms with Crippen LogP contribution in [0.25, 0.3) is 0 Å². The molecule has 0 heterocycles. The first kappa shape index (κ1) is 11.4. The van der Waals surface area contributed by atoms with E-state index in [0.29, 0.717) is 0 Å². The predicted molar refractivity (Wildman–Crippen MR) is 51.2 cm³/mol. The highest BCUT2D eigenvalue weighted by Gasteiger charge is 2.20. The summed E-state index contributed by atoms with van der Waals surface area (Å²) in [5, 5.41) is 9.20. The molecule has 1 aromatic carbocycles. The lowest BCUT2D eigenvalue weighted by Gasteiger charge is -2.11. The van der Waals surface area contributed by atoms with E-state index in [2.05, 4.69) is 20.7 Å². The molecular weight excluding hydrogens is 258 g/mol. The Balaban J connectivity index is 3.42. The number of ether oxygens (including phenoxy) is 1. The molecule has 78 valence electrons. The molecule has 1 aromatic rings. The molecule has 0 saturated heterocycles. The van der Waals surface area contributed by atoms with Gasteiger partial charge in [0.05, 0.1) is 17.7 Å². The average molecular weight is 267 g/mol. The third-order valence-electron chi connectivity index (χ3n) is 1.80. The fraction of sp³-hybridized carbons (Fsp3) is 0.333. The Bertz CT molecular complexity index is 353. The van der Waals surface area contributed by atoms with Gasteiger partial charge in [-0.1, -0.05) is 0 Å². The smallest absolute Gasteiger partial charge is 0.191 e. The van der Waals surface area contributed by atoms with Crippen LogP contribution in [0.15, 0.2) is 10.5 Å². The molecule has 0 spiro atoms. The van der Waals surface area contributed by atoms with Gasteiger partial charge in [0.15, 0.2) is 17.4 Å². The molecule has 5 heteroatoms. The van der Waals surface area contributed by atoms with Crippen molar-refractivity contribution in [2.45, 2.75) is 13.0 Å². The van der Waals surface area contributed by atoms with E-state index < -0.39 is 23.5 Å². The Morgan fingerprint density at radius 3 is 2.43 bits per heavy atom. The molecule has 1 atom stereocenters. The van der Waals surface area contributed by atoms with Crippen LogP contribution in [0, 0.1) is 11.6 Å². The summed E-state index contributed by atoms with van der Waals surface area (Å²) >= 11 is 2.91. The summed E-state index contributed by atoms with van der Waals surface area (Å²) in [6.07, 6.45) is -1.01. The normalized spacial score (nSPS) is 12.7. The molecule has 1 unspecified atom stereocenters. The van der Waals surface area contributed by atoms with E-state index in [4.69, 9.17) is 0 Å². The van der Waals surface area contributed by atoms with Crippen molar-refractivity contribution in [3.63, 3.8) is 0 Å². The van der Waals surface area contributed by atoms with Crippen LogP contribution in [-0.2, 0) is 0 Å². The summed E-state index contributed by atoms with van der Waals surface area (Å²) in [6.45, 7) is 1.39. The van der Waals surface area contributed by atoms with Crippen molar-refractivity contribution >= 4 is 15.9 Å². The highest BCUT2D eigenvalue weighted by Crippen LogP contribution is 2.33. The lowest BCUT2D eigenvalue weighted by Crippen LogP contribution is -2.02. The lowest BCUT2D eigenvalue weighted by atomic mass is 10.1. The van der Waals surface area contributed by atoms with E-state index in [9.17, 15) is 13.9 Å². The molecule has 0 fully saturated rings. The molecule has 0 radical (unpaired) electrons. The van der Waals surface area contributed by atoms with E-state index in [0.717, 1.165) is 0 Å². The number of aliphatic hydroxyl groups excluding tert-OH is 1. The minimum atomic E-state index is -1.01. The Hall–Kier alpha value is -0.680. The third-order valence-corrected chi connectivity index (χ3v) is 2.38. The third kappa shape index (κ3) is 1.88. The summed E-state index contributed by atoms with van der Waals surface area (Å²) < 4.78 is 31.2. The predicted octanol–water partition coefficient (Wildman–Crippen LogP) is 2.79. The van der Waals surface area contributed by atoms with Gasteiger partial charge in [-0.3, -0.25) is 0 Å². The molecule has 0 amide bonds. The zero-order valence-electron chi connectivity index (χ0n) is 7.64. The van der Waals surface area contributed by atoms with Crippen molar-refractivity contribution in [1.29, 1.82) is 0 Å². The Morgan fingerprint density at radius 2 is 2.00 bits per heavy atom. The second kappa shape index (κ2) is 4.23. The second-order valence-corrected chi connectivity index (χ2v) is 3.64. The number of benzene rings is 1. The highest BCUT2D eigenvalue weighted by molar-refractivity contribution is 9.10. The maximum absolute atomic E-state index is 13.4. The molecule has 1 N–H and O–H groups in total. The van der Waals surface area contributed by atoms with E-state index in [1.807, 2.05) is 0 Å². The Morgan fingerprint density at radius 1 is 1.43 bits per heavy atom. The van der Waals surface area contributed by atoms with E-state index in [1.165, 1.54) is 20.1 Å². The van der Waals surface area contributed by atoms with Crippen molar-refractivity contribution in [2.24, 2.45) is 0 Å². The van der Waals surface area contributed by atoms with Crippen LogP contribution in [-0.4, -0.2) is 12.2 Å². The van der Waals surface area contributed by atoms with Crippen LogP contribution in [0.3, 0.4) is 0 Å². The summed E-state index contributed by atoms with van der Waals surface area (Å²) in [4.78, 5) is 0. The molecule has 0 aromatic heterocycles. The molecule has 2 nitrogen and oxygen atoms in total. The quantitative estimate of drug-likeness (QED) is 0.835. The monoisotopic (exact) mass is 266 g/mol. The minimum absolute atomic E-state index is 0.00451. The molecular formula is C9H9BrF2O2. The summed E-state index contributed by atoms with van der Waals surface area (Å²) in [5.74, 6) is -2.17. The van der Waals surface area contributed by atoms with Gasteiger partial charge in [-0.15, -0.1) is 0 Å². The molecule has 1 rings (SSSR count). The van der Waals surface area contributed by atoms with Gasteiger partial charge in [0.2, 0.25) is 0 Å². The van der Waals surface area contributed by atoms with Crippen LogP contribution in [0.4, 0.5) is 8.78 Å². The fourth-order valence-electron chi connectivity index (χ4n) is 1.08. The van der Waals surface area contributed by atoms with Gasteiger partial charge in [0.25, 0.3) is 0 Å². The lowest BCUT2D eigenvalue weighted by molar-refractivity contribution is 0.192. The number of methoxy groups -OCH3 is 1. The number of hydrogen-bond acceptors (Lipinski definition) is 2. The highest BCUT2D eigenvalue weighted by atomic mass is 79.9. The van der Waals surface area contributed by atoms with E-state index in [-0.39, 0.29) is 10.0 Å². The average Bonchev–Trinajstić information content (AvgIpc) is 2.12. The van der Waals surface area contributed by atoms with Gasteiger partial charge in [-0.05, 0) is 28.9 Å². The van der Waals surface area contributed by atoms with Gasteiger partial charge in [0, 0.05) is 5.56 Å². The summed E-state index contributed by atoms with van der Waals surface area (Å²) in [6, 6.07) is 1.19. The summed E-state index contributed by atoms with van der Waals surface area (Å²) in [7, 11) is 1.17. The topological polar surface area (TPSA) is 29.5 Å². The standard InChI is InChI=1S/C9H9BrF2O2/c1-4(13)5-3-6(10)8(12)9(14-2)7(5)11/h3-4,13H,1-2H3. The first-order valence-corrected chi connectivity index (χ1v) is 4.67. The SMILES string of the molecule is COc1c(F)c(Br)cc(C(C)O)c1F. The first-order valence-electron chi connectivity index (χ1n) is 3.88. The van der Waals surface area contributed by atoms with Gasteiger partial charge in [0.1, 0.15) is 0 Å². The van der Waals surface area contributed by atoms with Crippen LogP contribution < -0.4 is 4.74 Å². The largest absolute Gasteiger partial charge is 0.491 e. The molecule has 0 bridgehead atoms. The van der Waals surface area contributed by atoms with Gasteiger partial charge < -0.3 is 9.84 Å². The number of rotatable bonds is 2. The molecule has 0 aliphatic carbocycles. The van der Waals surface area contributed by atoms with Gasteiger partial charge in [-0.2, -0.15) is 0 Å². The summed E-state index contributed by atoms with van der Waals surface area (Å²) in [5.41, 5.74) is -0.00451. The van der Waals surface area contributed by atoms with Crippen LogP contribution >= 0.6 is 15.9 Å². The number of hydrogen-bond donors (Lipinski definition) is 1. The second-order valence-electron chi connectivity index (χ2n) is 2.78. The first-order chi connectivity index (χ1) is 6.49. The van der Waals surface area contributed by atoms with Gasteiger partial charge >= 0.3 is 0 Å². The van der Waals surface area contributed by atoms with Gasteiger partial charge in [-0.25, -0.2) is 8.78 Å². The number of aliphatic hydroxyl groups is 1. The number of halogens is 3. The zero-order valence-corrected chi connectivity index (χ0v) is 9.23. The Kier molecular flexibility index (Phi) is 3.44. The van der Waals surface area contributed by atoms with Crippen molar-refractivity contribution in [3.8, 4) is 5.75 Å². The molecule has 0 aliphatic rings. The maximum atomic E-state index is 13.4. The van der Waals surface area contributed by atoms with Crippen LogP contribution in [0.1, 0.15) is 18.6 Å². The van der Waals surface area contributed by atoms with Crippen molar-refractivity contribution in [3.05, 3.63) is 27.7 Å². The van der Waals surface area contributed by atoms with Crippen molar-refractivity contribution in [1.82, 2.24) is 0 Å². The van der Waals surface area contributed by atoms with Crippen molar-refractivity contribution < 1.29 is 18.6 Å². The molecule has 14 heavy (non-hydrogen) atoms. The minimum Gasteiger partial charge on any atom is -0.491 e. The van der Waals surface area contributed by atoms with Crippen molar-refractivity contribution in [2.75, 3.05) is 7.11 Å². The maximum Gasteiger partial charge on any atom is 0.191 e. The van der Waals surface area contributed by atoms with E-state index >= 15 is 0 Å². The molecule has 0 saturated carbocycles. The Labute approximate surface area is 88.6 Å². The fourth-order valence-corrected chi connectivity index (χ4v) is 1.51. The van der Waals surface area contributed by atoms with Crippen LogP contribution in [0.5, 0.6) is 5.75 Å². The zero-order chi connectivity index (χ0) is 10.9. The molecule has 0 aliphatic heterocycles. The van der Waals surface area contributed by atoms with E-state index in [1.54, 1.807) is 0 Å².